The molecule has 0 atom stereocenters. The Labute approximate surface area is 190 Å². The normalized spacial score (nSPS) is 11.2. The molecule has 0 amide bonds. The summed E-state index contributed by atoms with van der Waals surface area (Å²) in [6, 6.07) is 12.1. The van der Waals surface area contributed by atoms with Gasteiger partial charge in [-0.1, -0.05) is 18.2 Å². The predicted octanol–water partition coefficient (Wildman–Crippen LogP) is 3.69. The lowest BCUT2D eigenvalue weighted by molar-refractivity contribution is -0.387. The summed E-state index contributed by atoms with van der Waals surface area (Å²) in [5.74, 6) is 1.15. The van der Waals surface area contributed by atoms with Crippen LogP contribution in [0.25, 0.3) is 11.4 Å². The molecular formula is C19H16N8O3S2. The molecule has 11 nitrogen and oxygen atoms in total. The van der Waals surface area contributed by atoms with Gasteiger partial charge in [-0.2, -0.15) is 14.9 Å². The molecule has 2 heterocycles. The van der Waals surface area contributed by atoms with Gasteiger partial charge in [0.25, 0.3) is 5.69 Å². The number of rotatable bonds is 7. The predicted molar refractivity (Wildman–Crippen MR) is 121 cm³/mol. The van der Waals surface area contributed by atoms with Crippen molar-refractivity contribution in [1.82, 2.24) is 29.6 Å². The first kappa shape index (κ1) is 21.4. The van der Waals surface area contributed by atoms with Crippen molar-refractivity contribution in [3.8, 4) is 17.1 Å². The minimum atomic E-state index is -0.443. The van der Waals surface area contributed by atoms with E-state index in [2.05, 4.69) is 25.5 Å². The fourth-order valence-electron chi connectivity index (χ4n) is 2.78. The highest BCUT2D eigenvalue weighted by Gasteiger charge is 2.17. The summed E-state index contributed by atoms with van der Waals surface area (Å²) in [7, 11) is 3.34. The molecule has 0 aliphatic rings. The fraction of sp³-hybridized carbons (Fsp3) is 0.105. The van der Waals surface area contributed by atoms with Gasteiger partial charge in [-0.15, -0.1) is 10.2 Å². The number of methoxy groups -OCH3 is 1. The number of nitro benzene ring substituents is 1. The van der Waals surface area contributed by atoms with Crippen LogP contribution < -0.4 is 4.74 Å². The third-order valence-electron chi connectivity index (χ3n) is 4.35. The SMILES string of the molecule is COc1cccc(-c2n[nH]c(=S)n2/N=C\c2ccc(Sc3nncn3C)c([N+](=O)[O-])c2)c1. The topological polar surface area (TPSA) is 129 Å². The van der Waals surface area contributed by atoms with E-state index < -0.39 is 4.92 Å². The molecule has 0 fully saturated rings. The summed E-state index contributed by atoms with van der Waals surface area (Å²) in [6.07, 6.45) is 3.02. The standard InChI is InChI=1S/C19H16N8O3S2/c1-25-11-20-24-19(25)32-16-7-6-12(8-15(16)27(28)29)10-21-26-17(22-23-18(26)31)13-4-3-5-14(9-13)30-2/h3-11H,1-2H3,(H,23,31)/b21-10-. The van der Waals surface area contributed by atoms with Crippen LogP contribution in [0, 0.1) is 14.9 Å². The zero-order valence-electron chi connectivity index (χ0n) is 16.9. The minimum absolute atomic E-state index is 0.0641. The lowest BCUT2D eigenvalue weighted by Gasteiger charge is -2.05. The Morgan fingerprint density at radius 3 is 2.88 bits per heavy atom. The van der Waals surface area contributed by atoms with Crippen molar-refractivity contribution in [2.45, 2.75) is 10.1 Å². The van der Waals surface area contributed by atoms with Crippen molar-refractivity contribution >= 4 is 35.9 Å². The molecule has 0 aliphatic heterocycles. The number of aryl methyl sites for hydroxylation is 1. The van der Waals surface area contributed by atoms with Crippen molar-refractivity contribution in [1.29, 1.82) is 0 Å². The Morgan fingerprint density at radius 1 is 1.31 bits per heavy atom. The minimum Gasteiger partial charge on any atom is -0.497 e. The van der Waals surface area contributed by atoms with Gasteiger partial charge in [0.1, 0.15) is 12.1 Å². The zero-order chi connectivity index (χ0) is 22.7. The summed E-state index contributed by atoms with van der Waals surface area (Å²) in [5.41, 5.74) is 1.21. The summed E-state index contributed by atoms with van der Waals surface area (Å²) < 4.78 is 8.66. The largest absolute Gasteiger partial charge is 0.497 e. The number of aromatic amines is 1. The number of H-pyrrole nitrogens is 1. The summed E-state index contributed by atoms with van der Waals surface area (Å²) in [5, 5.41) is 31.3. The monoisotopic (exact) mass is 468 g/mol. The molecule has 2 aromatic heterocycles. The van der Waals surface area contributed by atoms with E-state index in [1.165, 1.54) is 23.3 Å². The van der Waals surface area contributed by atoms with Crippen LogP contribution in [0.3, 0.4) is 0 Å². The van der Waals surface area contributed by atoms with Crippen molar-refractivity contribution in [3.05, 3.63) is 69.2 Å². The van der Waals surface area contributed by atoms with E-state index in [1.54, 1.807) is 36.9 Å². The molecule has 0 unspecified atom stereocenters. The van der Waals surface area contributed by atoms with Crippen LogP contribution in [0.1, 0.15) is 5.56 Å². The third kappa shape index (κ3) is 4.43. The highest BCUT2D eigenvalue weighted by atomic mass is 32.2. The Morgan fingerprint density at radius 2 is 2.16 bits per heavy atom. The zero-order valence-corrected chi connectivity index (χ0v) is 18.5. The molecule has 0 saturated heterocycles. The summed E-state index contributed by atoms with van der Waals surface area (Å²) in [6.45, 7) is 0. The molecule has 1 N–H and O–H groups in total. The van der Waals surface area contributed by atoms with Gasteiger partial charge in [-0.05, 0) is 42.2 Å². The third-order valence-corrected chi connectivity index (χ3v) is 5.73. The second kappa shape index (κ2) is 9.11. The molecule has 162 valence electrons. The van der Waals surface area contributed by atoms with Gasteiger partial charge in [0.15, 0.2) is 11.0 Å². The number of nitrogens with zero attached hydrogens (tertiary/aromatic N) is 7. The molecule has 0 spiro atoms. The highest BCUT2D eigenvalue weighted by molar-refractivity contribution is 7.99. The van der Waals surface area contributed by atoms with E-state index >= 15 is 0 Å². The second-order valence-electron chi connectivity index (χ2n) is 6.45. The number of nitrogens with one attached hydrogen (secondary N) is 1. The van der Waals surface area contributed by atoms with Crippen LogP contribution in [-0.2, 0) is 7.05 Å². The quantitative estimate of drug-likeness (QED) is 0.188. The van der Waals surface area contributed by atoms with Crippen LogP contribution in [0.4, 0.5) is 5.69 Å². The lowest BCUT2D eigenvalue weighted by Crippen LogP contribution is -1.97. The second-order valence-corrected chi connectivity index (χ2v) is 7.85. The van der Waals surface area contributed by atoms with Gasteiger partial charge in [0.2, 0.25) is 4.77 Å². The maximum absolute atomic E-state index is 11.6. The molecule has 32 heavy (non-hydrogen) atoms. The first-order valence-corrected chi connectivity index (χ1v) is 10.3. The molecule has 0 bridgehead atoms. The fourth-order valence-corrected chi connectivity index (χ4v) is 3.81. The lowest BCUT2D eigenvalue weighted by atomic mass is 10.2. The molecule has 0 radical (unpaired) electrons. The first-order valence-electron chi connectivity index (χ1n) is 9.13. The van der Waals surface area contributed by atoms with Gasteiger partial charge in [0, 0.05) is 24.2 Å². The maximum Gasteiger partial charge on any atom is 0.283 e. The van der Waals surface area contributed by atoms with E-state index in [-0.39, 0.29) is 10.5 Å². The Balaban J connectivity index is 1.66. The van der Waals surface area contributed by atoms with Crippen molar-refractivity contribution in [2.24, 2.45) is 12.1 Å². The number of benzene rings is 2. The average molecular weight is 469 g/mol. The van der Waals surface area contributed by atoms with Crippen molar-refractivity contribution in [3.63, 3.8) is 0 Å². The van der Waals surface area contributed by atoms with Gasteiger partial charge in [-0.25, -0.2) is 5.10 Å². The van der Waals surface area contributed by atoms with Crippen LogP contribution >= 0.6 is 24.0 Å². The van der Waals surface area contributed by atoms with Gasteiger partial charge < -0.3 is 9.30 Å². The number of ether oxygens (including phenoxy) is 1. The van der Waals surface area contributed by atoms with Crippen molar-refractivity contribution in [2.75, 3.05) is 7.11 Å². The average Bonchev–Trinajstić information content (AvgIpc) is 3.37. The first-order chi connectivity index (χ1) is 15.5. The molecule has 0 aliphatic carbocycles. The Hall–Kier alpha value is -3.84. The number of hydrogen-bond acceptors (Lipinski definition) is 9. The molecule has 2 aromatic carbocycles. The van der Waals surface area contributed by atoms with E-state index in [0.717, 1.165) is 17.3 Å². The Kier molecular flexibility index (Phi) is 6.09. The number of aromatic nitrogens is 6. The molecule has 13 heteroatoms. The van der Waals surface area contributed by atoms with Gasteiger partial charge in [0.05, 0.1) is 23.1 Å². The molecule has 0 saturated carbocycles. The van der Waals surface area contributed by atoms with E-state index in [4.69, 9.17) is 17.0 Å². The van der Waals surface area contributed by atoms with Crippen LogP contribution in [0.15, 0.2) is 63.9 Å². The Bertz CT molecular complexity index is 1370. The summed E-state index contributed by atoms with van der Waals surface area (Å²) >= 11 is 6.45. The number of hydrogen-bond donors (Lipinski definition) is 1. The highest BCUT2D eigenvalue weighted by Crippen LogP contribution is 2.34. The smallest absolute Gasteiger partial charge is 0.283 e. The molecular weight excluding hydrogens is 452 g/mol. The number of nitro groups is 1. The van der Waals surface area contributed by atoms with E-state index in [0.29, 0.717) is 27.2 Å². The van der Waals surface area contributed by atoms with Crippen LogP contribution in [-0.4, -0.2) is 47.9 Å². The van der Waals surface area contributed by atoms with E-state index in [1.807, 2.05) is 18.2 Å². The van der Waals surface area contributed by atoms with E-state index in [9.17, 15) is 10.1 Å². The van der Waals surface area contributed by atoms with Gasteiger partial charge >= 0.3 is 0 Å². The van der Waals surface area contributed by atoms with Crippen LogP contribution in [0.5, 0.6) is 5.75 Å². The van der Waals surface area contributed by atoms with Crippen LogP contribution in [0.2, 0.25) is 0 Å². The van der Waals surface area contributed by atoms with Gasteiger partial charge in [-0.3, -0.25) is 10.1 Å². The molecule has 4 aromatic rings. The maximum atomic E-state index is 11.6. The summed E-state index contributed by atoms with van der Waals surface area (Å²) in [4.78, 5) is 11.6. The molecule has 4 rings (SSSR count). The van der Waals surface area contributed by atoms with Crippen molar-refractivity contribution < 1.29 is 9.66 Å².